The van der Waals surface area contributed by atoms with Gasteiger partial charge in [-0.2, -0.15) is 0 Å². The lowest BCUT2D eigenvalue weighted by molar-refractivity contribution is -0.121. The van der Waals surface area contributed by atoms with Crippen molar-refractivity contribution in [2.75, 3.05) is 6.54 Å². The zero-order valence-corrected chi connectivity index (χ0v) is 15.6. The van der Waals surface area contributed by atoms with Gasteiger partial charge in [0.05, 0.1) is 0 Å². The maximum Gasteiger partial charge on any atom is 0.220 e. The molecule has 6 heteroatoms. The second-order valence-electron chi connectivity index (χ2n) is 5.78. The van der Waals surface area contributed by atoms with Crippen molar-refractivity contribution in [1.29, 1.82) is 0 Å². The first-order chi connectivity index (χ1) is 11.4. The van der Waals surface area contributed by atoms with Gasteiger partial charge in [0.25, 0.3) is 0 Å². The van der Waals surface area contributed by atoms with E-state index >= 15 is 0 Å². The third-order valence-electron chi connectivity index (χ3n) is 3.84. The molecule has 24 heavy (non-hydrogen) atoms. The number of carbonyl (C=O) groups is 1. The average Bonchev–Trinajstić information content (AvgIpc) is 3.10. The molecule has 130 valence electrons. The third kappa shape index (κ3) is 4.68. The van der Waals surface area contributed by atoms with E-state index in [1.165, 1.54) is 11.3 Å². The Hall–Kier alpha value is -1.66. The Balaban J connectivity index is 2.25. The number of aryl methyl sites for hydroxylation is 1. The number of amides is 1. The van der Waals surface area contributed by atoms with E-state index in [4.69, 9.17) is 0 Å². The summed E-state index contributed by atoms with van der Waals surface area (Å²) < 4.78 is 26.3. The number of thiophene rings is 1. The molecule has 2 aromatic rings. The number of hydrogen-bond acceptors (Lipinski definition) is 4. The molecule has 0 spiro atoms. The molecule has 0 fully saturated rings. The van der Waals surface area contributed by atoms with Crippen molar-refractivity contribution in [3.63, 3.8) is 0 Å². The minimum Gasteiger partial charge on any atom is -0.354 e. The zero-order valence-electron chi connectivity index (χ0n) is 14.0. The summed E-state index contributed by atoms with van der Waals surface area (Å²) in [6.07, 6.45) is 2.16. The number of carbonyl (C=O) groups excluding carboxylic acids is 1. The van der Waals surface area contributed by atoms with Crippen LogP contribution in [0.25, 0.3) is 0 Å². The Labute approximate surface area is 147 Å². The lowest BCUT2D eigenvalue weighted by atomic mass is 10.1. The molecule has 0 aliphatic heterocycles. The van der Waals surface area contributed by atoms with Crippen molar-refractivity contribution in [2.45, 2.75) is 42.6 Å². The van der Waals surface area contributed by atoms with E-state index in [-0.39, 0.29) is 12.5 Å². The highest BCUT2D eigenvalue weighted by Crippen LogP contribution is 2.31. The van der Waals surface area contributed by atoms with Gasteiger partial charge in [-0.25, -0.2) is 8.42 Å². The summed E-state index contributed by atoms with van der Waals surface area (Å²) in [5.74, 6) is -0.102. The maximum absolute atomic E-state index is 13.0. The Bertz CT molecular complexity index is 750. The molecule has 1 N–H and O–H groups in total. The van der Waals surface area contributed by atoms with Crippen LogP contribution in [0, 0.1) is 6.92 Å². The number of unbranched alkanes of at least 4 members (excludes halogenated alkanes) is 1. The van der Waals surface area contributed by atoms with Crippen LogP contribution in [0.4, 0.5) is 0 Å². The van der Waals surface area contributed by atoms with Crippen LogP contribution >= 0.6 is 11.3 Å². The summed E-state index contributed by atoms with van der Waals surface area (Å²) in [6.45, 7) is 4.06. The minimum atomic E-state index is -3.54. The number of nitrogens with one attached hydrogen (secondary N) is 1. The number of rotatable bonds is 8. The summed E-state index contributed by atoms with van der Waals surface area (Å²) in [7, 11) is -3.54. The van der Waals surface area contributed by atoms with Gasteiger partial charge in [-0.1, -0.05) is 49.2 Å². The maximum atomic E-state index is 13.0. The fourth-order valence-corrected chi connectivity index (χ4v) is 5.25. The van der Waals surface area contributed by atoms with Crippen LogP contribution in [-0.4, -0.2) is 20.9 Å². The first kappa shape index (κ1) is 18.7. The summed E-state index contributed by atoms with van der Waals surface area (Å²) in [4.78, 5) is 11.9. The third-order valence-corrected chi connectivity index (χ3v) is 7.37. The molecular formula is C18H23NO3S2. The van der Waals surface area contributed by atoms with Crippen molar-refractivity contribution in [3.05, 3.63) is 52.9 Å². The van der Waals surface area contributed by atoms with Crippen molar-refractivity contribution in [2.24, 2.45) is 0 Å². The van der Waals surface area contributed by atoms with Crippen molar-refractivity contribution in [1.82, 2.24) is 5.32 Å². The van der Waals surface area contributed by atoms with Crippen LogP contribution in [-0.2, 0) is 14.6 Å². The molecule has 0 saturated heterocycles. The predicted octanol–water partition coefficient (Wildman–Crippen LogP) is 3.88. The molecular weight excluding hydrogens is 342 g/mol. The number of benzene rings is 1. The molecule has 1 aromatic carbocycles. The van der Waals surface area contributed by atoms with E-state index in [0.717, 1.165) is 18.4 Å². The molecule has 0 aliphatic carbocycles. The van der Waals surface area contributed by atoms with Crippen molar-refractivity contribution >= 4 is 27.1 Å². The van der Waals surface area contributed by atoms with Crippen LogP contribution in [0.5, 0.6) is 0 Å². The first-order valence-corrected chi connectivity index (χ1v) is 10.5. The Kier molecular flexibility index (Phi) is 6.57. The molecule has 1 aromatic heterocycles. The first-order valence-electron chi connectivity index (χ1n) is 8.05. The lowest BCUT2D eigenvalue weighted by Gasteiger charge is -2.18. The highest BCUT2D eigenvalue weighted by atomic mass is 32.2. The highest BCUT2D eigenvalue weighted by Gasteiger charge is 2.30. The molecule has 1 atom stereocenters. The van der Waals surface area contributed by atoms with E-state index < -0.39 is 15.1 Å². The van der Waals surface area contributed by atoms with E-state index in [1.807, 2.05) is 38.1 Å². The van der Waals surface area contributed by atoms with Gasteiger partial charge < -0.3 is 5.32 Å². The quantitative estimate of drug-likeness (QED) is 0.772. The average molecular weight is 366 g/mol. The second kappa shape index (κ2) is 8.44. The zero-order chi connectivity index (χ0) is 17.6. The van der Waals surface area contributed by atoms with Gasteiger partial charge in [-0.05, 0) is 30.4 Å². The van der Waals surface area contributed by atoms with Crippen LogP contribution < -0.4 is 5.32 Å². The molecule has 0 saturated carbocycles. The minimum absolute atomic E-state index is 0.0891. The standard InChI is InChI=1S/C18H23NO3S2/c1-3-4-6-17(20)19-13-16(15-10-8-14(2)9-11-15)24(21,22)18-7-5-12-23-18/h5,7-12,16H,3-4,6,13H2,1-2H3,(H,19,20)/t16-/m1/s1. The Morgan fingerprint density at radius 1 is 1.21 bits per heavy atom. The van der Waals surface area contributed by atoms with Crippen LogP contribution in [0.15, 0.2) is 46.0 Å². The van der Waals surface area contributed by atoms with Crippen molar-refractivity contribution < 1.29 is 13.2 Å². The van der Waals surface area contributed by atoms with Crippen LogP contribution in [0.1, 0.15) is 42.6 Å². The predicted molar refractivity (Wildman–Crippen MR) is 98.0 cm³/mol. The second-order valence-corrected chi connectivity index (χ2v) is 9.09. The molecule has 1 amide bonds. The van der Waals surface area contributed by atoms with E-state index in [2.05, 4.69) is 5.32 Å². The van der Waals surface area contributed by atoms with E-state index in [0.29, 0.717) is 16.2 Å². The summed E-state index contributed by atoms with van der Waals surface area (Å²) in [6, 6.07) is 10.8. The van der Waals surface area contributed by atoms with Gasteiger partial charge in [-0.3, -0.25) is 4.79 Å². The summed E-state index contributed by atoms with van der Waals surface area (Å²) >= 11 is 1.20. The van der Waals surface area contributed by atoms with E-state index in [1.54, 1.807) is 17.5 Å². The molecule has 1 heterocycles. The SMILES string of the molecule is CCCCC(=O)NC[C@H](c1ccc(C)cc1)S(=O)(=O)c1cccs1. The molecule has 0 aliphatic rings. The van der Waals surface area contributed by atoms with Crippen LogP contribution in [0.2, 0.25) is 0 Å². The van der Waals surface area contributed by atoms with Gasteiger partial charge in [0, 0.05) is 13.0 Å². The van der Waals surface area contributed by atoms with Gasteiger partial charge >= 0.3 is 0 Å². The number of hydrogen-bond donors (Lipinski definition) is 1. The van der Waals surface area contributed by atoms with Gasteiger partial charge in [0.2, 0.25) is 5.91 Å². The molecule has 0 radical (unpaired) electrons. The monoisotopic (exact) mass is 365 g/mol. The van der Waals surface area contributed by atoms with Gasteiger partial charge in [-0.15, -0.1) is 11.3 Å². The summed E-state index contributed by atoms with van der Waals surface area (Å²) in [5, 5.41) is 3.76. The topological polar surface area (TPSA) is 63.2 Å². The smallest absolute Gasteiger partial charge is 0.220 e. The Morgan fingerprint density at radius 2 is 1.92 bits per heavy atom. The fourth-order valence-electron chi connectivity index (χ4n) is 2.39. The Morgan fingerprint density at radius 3 is 2.50 bits per heavy atom. The summed E-state index contributed by atoms with van der Waals surface area (Å²) in [5.41, 5.74) is 1.77. The van der Waals surface area contributed by atoms with Crippen molar-refractivity contribution in [3.8, 4) is 0 Å². The largest absolute Gasteiger partial charge is 0.354 e. The molecule has 2 rings (SSSR count). The van der Waals surface area contributed by atoms with E-state index in [9.17, 15) is 13.2 Å². The normalized spacial score (nSPS) is 12.8. The number of sulfone groups is 1. The lowest BCUT2D eigenvalue weighted by Crippen LogP contribution is -2.31. The van der Waals surface area contributed by atoms with Crippen LogP contribution in [0.3, 0.4) is 0 Å². The van der Waals surface area contributed by atoms with Gasteiger partial charge in [0.15, 0.2) is 9.84 Å². The fraction of sp³-hybridized carbons (Fsp3) is 0.389. The van der Waals surface area contributed by atoms with Gasteiger partial charge in [0.1, 0.15) is 9.46 Å². The molecule has 0 bridgehead atoms. The molecule has 0 unspecified atom stereocenters. The highest BCUT2D eigenvalue weighted by molar-refractivity contribution is 7.93. The molecule has 4 nitrogen and oxygen atoms in total.